The van der Waals surface area contributed by atoms with Crippen molar-refractivity contribution in [3.8, 4) is 0 Å². The van der Waals surface area contributed by atoms with E-state index >= 15 is 0 Å². The number of hydrogen-bond donors (Lipinski definition) is 2. The second-order valence-electron chi connectivity index (χ2n) is 5.58. The lowest BCUT2D eigenvalue weighted by Crippen LogP contribution is -2.27. The van der Waals surface area contributed by atoms with E-state index < -0.39 is 0 Å². The van der Waals surface area contributed by atoms with E-state index in [2.05, 4.69) is 5.32 Å². The Hall–Kier alpha value is -1.06. The molecule has 0 radical (unpaired) electrons. The van der Waals surface area contributed by atoms with Crippen LogP contribution in [0.15, 0.2) is 24.3 Å². The Balaban J connectivity index is 2.23. The molecule has 0 atom stereocenters. The Kier molecular flexibility index (Phi) is 6.32. The second-order valence-corrected chi connectivity index (χ2v) is 6.02. The van der Waals surface area contributed by atoms with Crippen LogP contribution >= 0.6 is 11.6 Å². The molecule has 0 aliphatic rings. The summed E-state index contributed by atoms with van der Waals surface area (Å²) in [6.07, 6.45) is 2.14. The van der Waals surface area contributed by atoms with Gasteiger partial charge >= 0.3 is 0 Å². The summed E-state index contributed by atoms with van der Waals surface area (Å²) < 4.78 is 0. The third-order valence-electron chi connectivity index (χ3n) is 3.06. The Morgan fingerprint density at radius 1 is 1.32 bits per heavy atom. The molecule has 0 saturated heterocycles. The lowest BCUT2D eigenvalue weighted by molar-refractivity contribution is -0.120. The normalized spacial score (nSPS) is 11.4. The van der Waals surface area contributed by atoms with Crippen LogP contribution in [0.2, 0.25) is 5.02 Å². The van der Waals surface area contributed by atoms with Crippen molar-refractivity contribution in [2.24, 2.45) is 5.41 Å². The van der Waals surface area contributed by atoms with Gasteiger partial charge in [0.15, 0.2) is 0 Å². The number of halogens is 1. The van der Waals surface area contributed by atoms with Gasteiger partial charge in [-0.05, 0) is 36.0 Å². The van der Waals surface area contributed by atoms with Crippen LogP contribution in [-0.2, 0) is 11.2 Å². The minimum Gasteiger partial charge on any atom is -0.396 e. The first kappa shape index (κ1) is 16.0. The third kappa shape index (κ3) is 6.60. The number of hydrogen-bond acceptors (Lipinski definition) is 2. The Bertz CT molecular complexity index is 401. The van der Waals surface area contributed by atoms with Crippen molar-refractivity contribution < 1.29 is 9.90 Å². The van der Waals surface area contributed by atoms with Gasteiger partial charge < -0.3 is 10.4 Å². The highest BCUT2D eigenvalue weighted by Gasteiger charge is 2.15. The molecule has 106 valence electrons. The molecule has 2 N–H and O–H groups in total. The molecule has 3 nitrogen and oxygen atoms in total. The standard InChI is InChI=1S/C15H22ClNO2/c1-15(2,11-18)8-3-9-17-14(19)10-12-4-6-13(16)7-5-12/h4-7,18H,3,8-11H2,1-2H3,(H,17,19). The summed E-state index contributed by atoms with van der Waals surface area (Å²) in [6, 6.07) is 7.29. The number of carbonyl (C=O) groups is 1. The number of aliphatic hydroxyl groups excluding tert-OH is 1. The van der Waals surface area contributed by atoms with Gasteiger partial charge in [0.25, 0.3) is 0 Å². The average molecular weight is 284 g/mol. The molecule has 1 aromatic rings. The van der Waals surface area contributed by atoms with Gasteiger partial charge in [-0.15, -0.1) is 0 Å². The quantitative estimate of drug-likeness (QED) is 0.756. The van der Waals surface area contributed by atoms with E-state index in [9.17, 15) is 4.79 Å². The Labute approximate surface area is 120 Å². The molecule has 0 unspecified atom stereocenters. The summed E-state index contributed by atoms with van der Waals surface area (Å²) in [5, 5.41) is 12.7. The van der Waals surface area contributed by atoms with Crippen molar-refractivity contribution in [3.63, 3.8) is 0 Å². The van der Waals surface area contributed by atoms with Crippen LogP contribution in [0.25, 0.3) is 0 Å². The van der Waals surface area contributed by atoms with Crippen molar-refractivity contribution >= 4 is 17.5 Å². The molecule has 0 aliphatic heterocycles. The van der Waals surface area contributed by atoms with Gasteiger partial charge in [0.1, 0.15) is 0 Å². The Morgan fingerprint density at radius 2 is 1.95 bits per heavy atom. The average Bonchev–Trinajstić information content (AvgIpc) is 2.38. The fraction of sp³-hybridized carbons (Fsp3) is 0.533. The highest BCUT2D eigenvalue weighted by Crippen LogP contribution is 2.20. The molecule has 0 heterocycles. The molecule has 1 aromatic carbocycles. The smallest absolute Gasteiger partial charge is 0.224 e. The fourth-order valence-electron chi connectivity index (χ4n) is 1.72. The fourth-order valence-corrected chi connectivity index (χ4v) is 1.85. The SMILES string of the molecule is CC(C)(CO)CCCNC(=O)Cc1ccc(Cl)cc1. The van der Waals surface area contributed by atoms with Crippen molar-refractivity contribution in [1.29, 1.82) is 0 Å². The van der Waals surface area contributed by atoms with E-state index in [1.807, 2.05) is 26.0 Å². The predicted molar refractivity (Wildman–Crippen MR) is 78.3 cm³/mol. The largest absolute Gasteiger partial charge is 0.396 e. The molecule has 0 fully saturated rings. The van der Waals surface area contributed by atoms with Gasteiger partial charge in [0.05, 0.1) is 6.42 Å². The van der Waals surface area contributed by atoms with Crippen LogP contribution in [0.1, 0.15) is 32.3 Å². The maximum absolute atomic E-state index is 11.7. The van der Waals surface area contributed by atoms with E-state index in [1.165, 1.54) is 0 Å². The van der Waals surface area contributed by atoms with Crippen molar-refractivity contribution in [2.45, 2.75) is 33.1 Å². The highest BCUT2D eigenvalue weighted by atomic mass is 35.5. The van der Waals surface area contributed by atoms with E-state index in [4.69, 9.17) is 16.7 Å². The highest BCUT2D eigenvalue weighted by molar-refractivity contribution is 6.30. The zero-order valence-electron chi connectivity index (χ0n) is 11.6. The van der Waals surface area contributed by atoms with Gasteiger partial charge in [-0.3, -0.25) is 4.79 Å². The van der Waals surface area contributed by atoms with Crippen molar-refractivity contribution in [1.82, 2.24) is 5.32 Å². The molecule has 0 aliphatic carbocycles. The van der Waals surface area contributed by atoms with Gasteiger partial charge in [-0.2, -0.15) is 0 Å². The van der Waals surface area contributed by atoms with Gasteiger partial charge in [-0.25, -0.2) is 0 Å². The Morgan fingerprint density at radius 3 is 2.53 bits per heavy atom. The lowest BCUT2D eigenvalue weighted by atomic mass is 9.89. The van der Waals surface area contributed by atoms with E-state index in [1.54, 1.807) is 12.1 Å². The number of rotatable bonds is 7. The minimum absolute atomic E-state index is 0.0177. The third-order valence-corrected chi connectivity index (χ3v) is 3.31. The van der Waals surface area contributed by atoms with Gasteiger partial charge in [0.2, 0.25) is 5.91 Å². The molecule has 0 bridgehead atoms. The summed E-state index contributed by atoms with van der Waals surface area (Å²) in [6.45, 7) is 4.85. The molecule has 19 heavy (non-hydrogen) atoms. The van der Waals surface area contributed by atoms with E-state index in [0.29, 0.717) is 18.0 Å². The maximum atomic E-state index is 11.7. The van der Waals surface area contributed by atoms with Crippen molar-refractivity contribution in [3.05, 3.63) is 34.9 Å². The second kappa shape index (κ2) is 7.51. The molecule has 0 saturated carbocycles. The van der Waals surface area contributed by atoms with Crippen LogP contribution in [0.3, 0.4) is 0 Å². The summed E-state index contributed by atoms with van der Waals surface area (Å²) in [4.78, 5) is 11.7. The zero-order valence-corrected chi connectivity index (χ0v) is 12.3. The van der Waals surface area contributed by atoms with Crippen LogP contribution in [0, 0.1) is 5.41 Å². The van der Waals surface area contributed by atoms with Crippen LogP contribution in [-0.4, -0.2) is 24.2 Å². The summed E-state index contributed by atoms with van der Waals surface area (Å²) in [5.74, 6) is 0.0177. The first-order valence-corrected chi connectivity index (χ1v) is 6.93. The minimum atomic E-state index is -0.0685. The number of aliphatic hydroxyl groups is 1. The summed E-state index contributed by atoms with van der Waals surface area (Å²) in [5.41, 5.74) is 0.888. The van der Waals surface area contributed by atoms with Crippen LogP contribution in [0.5, 0.6) is 0 Å². The molecule has 0 spiro atoms. The molecule has 0 aromatic heterocycles. The van der Waals surface area contributed by atoms with E-state index in [0.717, 1.165) is 18.4 Å². The van der Waals surface area contributed by atoms with Crippen LogP contribution in [0.4, 0.5) is 0 Å². The molecule has 1 amide bonds. The van der Waals surface area contributed by atoms with E-state index in [-0.39, 0.29) is 17.9 Å². The number of amides is 1. The number of benzene rings is 1. The van der Waals surface area contributed by atoms with Crippen molar-refractivity contribution in [2.75, 3.05) is 13.2 Å². The maximum Gasteiger partial charge on any atom is 0.224 e. The number of carbonyl (C=O) groups excluding carboxylic acids is 1. The summed E-state index contributed by atoms with van der Waals surface area (Å²) >= 11 is 5.79. The van der Waals surface area contributed by atoms with Gasteiger partial charge in [-0.1, -0.05) is 37.6 Å². The predicted octanol–water partition coefficient (Wildman–Crippen LogP) is 2.80. The summed E-state index contributed by atoms with van der Waals surface area (Å²) in [7, 11) is 0. The topological polar surface area (TPSA) is 49.3 Å². The zero-order chi connectivity index (χ0) is 14.3. The molecular formula is C15H22ClNO2. The first-order chi connectivity index (χ1) is 8.93. The molecular weight excluding hydrogens is 262 g/mol. The molecule has 1 rings (SSSR count). The van der Waals surface area contributed by atoms with Crippen LogP contribution < -0.4 is 5.32 Å². The lowest BCUT2D eigenvalue weighted by Gasteiger charge is -2.21. The number of nitrogens with one attached hydrogen (secondary N) is 1. The first-order valence-electron chi connectivity index (χ1n) is 6.55. The molecule has 4 heteroatoms. The monoisotopic (exact) mass is 283 g/mol. The van der Waals surface area contributed by atoms with Gasteiger partial charge in [0, 0.05) is 18.2 Å².